The van der Waals surface area contributed by atoms with E-state index < -0.39 is 0 Å². The highest BCUT2D eigenvalue weighted by Crippen LogP contribution is 2.28. The normalized spacial score (nSPS) is 44.0. The van der Waals surface area contributed by atoms with E-state index in [0.29, 0.717) is 18.1 Å². The summed E-state index contributed by atoms with van der Waals surface area (Å²) < 4.78 is 0. The molecule has 3 heteroatoms. The summed E-state index contributed by atoms with van der Waals surface area (Å²) >= 11 is 0. The largest absolute Gasteiger partial charge is 0.328 e. The molecule has 0 spiro atoms. The van der Waals surface area contributed by atoms with Crippen LogP contribution in [0.5, 0.6) is 0 Å². The molecule has 2 aliphatic rings. The first-order valence-corrected chi connectivity index (χ1v) is 5.21. The van der Waals surface area contributed by atoms with Crippen molar-refractivity contribution in [1.82, 2.24) is 5.32 Å². The van der Waals surface area contributed by atoms with Gasteiger partial charge in [-0.1, -0.05) is 6.42 Å². The summed E-state index contributed by atoms with van der Waals surface area (Å²) in [4.78, 5) is 0. The monoisotopic (exact) mass is 179 g/mol. The van der Waals surface area contributed by atoms with Gasteiger partial charge in [0.25, 0.3) is 0 Å². The Kier molecular flexibility index (Phi) is 2.52. The van der Waals surface area contributed by atoms with Gasteiger partial charge >= 0.3 is 0 Å². The van der Waals surface area contributed by atoms with Crippen LogP contribution in [-0.4, -0.2) is 18.1 Å². The fraction of sp³-hybridized carbons (Fsp3) is 0.900. The van der Waals surface area contributed by atoms with E-state index in [0.717, 1.165) is 19.3 Å². The van der Waals surface area contributed by atoms with Crippen molar-refractivity contribution in [2.75, 3.05) is 0 Å². The van der Waals surface area contributed by atoms with Gasteiger partial charge in [-0.05, 0) is 25.7 Å². The number of nitrogens with one attached hydrogen (secondary N) is 1. The van der Waals surface area contributed by atoms with Crippen molar-refractivity contribution in [3.8, 4) is 6.07 Å². The van der Waals surface area contributed by atoms with E-state index in [1.165, 1.54) is 12.8 Å². The standard InChI is InChI=1S/C10H17N3/c11-6-7-2-1-3-10(7)13-9-4-8(12)5-9/h7-10,13H,1-5,12H2. The van der Waals surface area contributed by atoms with Gasteiger partial charge in [0.2, 0.25) is 0 Å². The first-order valence-electron chi connectivity index (χ1n) is 5.21. The van der Waals surface area contributed by atoms with E-state index >= 15 is 0 Å². The highest BCUT2D eigenvalue weighted by molar-refractivity contribution is 4.99. The van der Waals surface area contributed by atoms with Crippen LogP contribution < -0.4 is 11.1 Å². The summed E-state index contributed by atoms with van der Waals surface area (Å²) in [5.74, 6) is 0.247. The Morgan fingerprint density at radius 3 is 2.69 bits per heavy atom. The lowest BCUT2D eigenvalue weighted by Crippen LogP contribution is -2.52. The van der Waals surface area contributed by atoms with E-state index in [2.05, 4.69) is 11.4 Å². The van der Waals surface area contributed by atoms with Crippen molar-refractivity contribution in [1.29, 1.82) is 5.26 Å². The maximum absolute atomic E-state index is 8.88. The Hall–Kier alpha value is -0.590. The molecule has 0 aliphatic heterocycles. The van der Waals surface area contributed by atoms with Crippen LogP contribution in [0, 0.1) is 17.2 Å². The molecule has 3 nitrogen and oxygen atoms in total. The molecule has 0 radical (unpaired) electrons. The van der Waals surface area contributed by atoms with Gasteiger partial charge in [0.15, 0.2) is 0 Å². The Bertz CT molecular complexity index is 215. The SMILES string of the molecule is N#CC1CCCC1NC1CC(N)C1. The second kappa shape index (κ2) is 3.65. The molecule has 2 saturated carbocycles. The third-order valence-corrected chi connectivity index (χ3v) is 3.31. The summed E-state index contributed by atoms with van der Waals surface area (Å²) in [6.45, 7) is 0. The molecule has 0 bridgehead atoms. The number of nitrogens with zero attached hydrogens (tertiary/aromatic N) is 1. The minimum Gasteiger partial charge on any atom is -0.328 e. The maximum Gasteiger partial charge on any atom is 0.0672 e. The summed E-state index contributed by atoms with van der Waals surface area (Å²) in [5, 5.41) is 12.4. The molecule has 2 rings (SSSR count). The van der Waals surface area contributed by atoms with E-state index in [4.69, 9.17) is 11.0 Å². The highest BCUT2D eigenvalue weighted by atomic mass is 15.0. The number of hydrogen-bond acceptors (Lipinski definition) is 3. The van der Waals surface area contributed by atoms with Crippen LogP contribution in [0.2, 0.25) is 0 Å². The number of nitriles is 1. The maximum atomic E-state index is 8.88. The van der Waals surface area contributed by atoms with Crippen molar-refractivity contribution in [2.24, 2.45) is 11.7 Å². The second-order valence-electron chi connectivity index (χ2n) is 4.37. The minimum atomic E-state index is 0.247. The van der Waals surface area contributed by atoms with Crippen molar-refractivity contribution < 1.29 is 0 Å². The lowest BCUT2D eigenvalue weighted by molar-refractivity contribution is 0.256. The van der Waals surface area contributed by atoms with Gasteiger partial charge < -0.3 is 11.1 Å². The van der Waals surface area contributed by atoms with Gasteiger partial charge in [0, 0.05) is 18.1 Å². The topological polar surface area (TPSA) is 61.8 Å². The van der Waals surface area contributed by atoms with Gasteiger partial charge in [0.05, 0.1) is 12.0 Å². The van der Waals surface area contributed by atoms with Gasteiger partial charge in [-0.15, -0.1) is 0 Å². The molecule has 0 amide bonds. The minimum absolute atomic E-state index is 0.247. The van der Waals surface area contributed by atoms with Gasteiger partial charge in [0.1, 0.15) is 0 Å². The first-order chi connectivity index (χ1) is 6.29. The third kappa shape index (κ3) is 1.84. The molecular formula is C10H17N3. The molecule has 2 atom stereocenters. The second-order valence-corrected chi connectivity index (χ2v) is 4.37. The fourth-order valence-electron chi connectivity index (χ4n) is 2.41. The van der Waals surface area contributed by atoms with Gasteiger partial charge in [-0.2, -0.15) is 5.26 Å². The number of rotatable bonds is 2. The molecule has 72 valence electrons. The Balaban J connectivity index is 1.78. The van der Waals surface area contributed by atoms with Crippen LogP contribution in [0.15, 0.2) is 0 Å². The zero-order chi connectivity index (χ0) is 9.26. The lowest BCUT2D eigenvalue weighted by atomic mass is 9.86. The molecule has 3 N–H and O–H groups in total. The number of nitrogens with two attached hydrogens (primary N) is 1. The molecule has 2 fully saturated rings. The van der Waals surface area contributed by atoms with Crippen LogP contribution in [0.25, 0.3) is 0 Å². The van der Waals surface area contributed by atoms with Crippen LogP contribution in [-0.2, 0) is 0 Å². The van der Waals surface area contributed by atoms with Gasteiger partial charge in [-0.3, -0.25) is 0 Å². The summed E-state index contributed by atoms with van der Waals surface area (Å²) in [6.07, 6.45) is 5.63. The lowest BCUT2D eigenvalue weighted by Gasteiger charge is -2.36. The summed E-state index contributed by atoms with van der Waals surface area (Å²) in [5.41, 5.74) is 5.71. The predicted octanol–water partition coefficient (Wildman–Crippen LogP) is 0.758. The molecule has 0 saturated heterocycles. The van der Waals surface area contributed by atoms with Crippen LogP contribution in [0.3, 0.4) is 0 Å². The van der Waals surface area contributed by atoms with E-state index in [1.54, 1.807) is 0 Å². The molecule has 0 aromatic heterocycles. The van der Waals surface area contributed by atoms with E-state index in [1.807, 2.05) is 0 Å². The quantitative estimate of drug-likeness (QED) is 0.658. The number of hydrogen-bond donors (Lipinski definition) is 2. The van der Waals surface area contributed by atoms with Crippen LogP contribution >= 0.6 is 0 Å². The first kappa shape index (κ1) is 8.98. The van der Waals surface area contributed by atoms with Crippen molar-refractivity contribution in [3.05, 3.63) is 0 Å². The molecule has 13 heavy (non-hydrogen) atoms. The molecule has 2 aliphatic carbocycles. The smallest absolute Gasteiger partial charge is 0.0672 e. The van der Waals surface area contributed by atoms with Crippen LogP contribution in [0.4, 0.5) is 0 Å². The molecule has 0 aromatic carbocycles. The Morgan fingerprint density at radius 1 is 1.31 bits per heavy atom. The van der Waals surface area contributed by atoms with Crippen molar-refractivity contribution in [3.63, 3.8) is 0 Å². The zero-order valence-electron chi connectivity index (χ0n) is 7.87. The predicted molar refractivity (Wildman–Crippen MR) is 50.9 cm³/mol. The molecule has 0 heterocycles. The van der Waals surface area contributed by atoms with Crippen molar-refractivity contribution >= 4 is 0 Å². The van der Waals surface area contributed by atoms with E-state index in [9.17, 15) is 0 Å². The van der Waals surface area contributed by atoms with Crippen molar-refractivity contribution in [2.45, 2.75) is 50.2 Å². The van der Waals surface area contributed by atoms with Crippen LogP contribution in [0.1, 0.15) is 32.1 Å². The van der Waals surface area contributed by atoms with E-state index in [-0.39, 0.29) is 5.92 Å². The van der Waals surface area contributed by atoms with Gasteiger partial charge in [-0.25, -0.2) is 0 Å². The third-order valence-electron chi connectivity index (χ3n) is 3.31. The summed E-state index contributed by atoms with van der Waals surface area (Å²) in [7, 11) is 0. The zero-order valence-corrected chi connectivity index (χ0v) is 7.87. The fourth-order valence-corrected chi connectivity index (χ4v) is 2.41. The Morgan fingerprint density at radius 2 is 2.08 bits per heavy atom. The molecule has 0 aromatic rings. The summed E-state index contributed by atoms with van der Waals surface area (Å²) in [6, 6.07) is 3.83. The molecular weight excluding hydrogens is 162 g/mol. The molecule has 2 unspecified atom stereocenters. The highest BCUT2D eigenvalue weighted by Gasteiger charge is 2.33. The average molecular weight is 179 g/mol. The Labute approximate surface area is 79.3 Å². The average Bonchev–Trinajstić information content (AvgIpc) is 2.49.